The normalized spacial score (nSPS) is 9.71. The first kappa shape index (κ1) is 11.1. The Kier molecular flexibility index (Phi) is 3.35. The second-order valence-corrected chi connectivity index (χ2v) is 3.25. The highest BCUT2D eigenvalue weighted by Gasteiger charge is 2.10. The fourth-order valence-electron chi connectivity index (χ4n) is 1.22. The molecule has 0 radical (unpaired) electrons. The summed E-state index contributed by atoms with van der Waals surface area (Å²) in [6.07, 6.45) is 0. The van der Waals surface area contributed by atoms with Crippen LogP contribution in [0.3, 0.4) is 0 Å². The zero-order chi connectivity index (χ0) is 12.1. The summed E-state index contributed by atoms with van der Waals surface area (Å²) in [5, 5.41) is 0. The summed E-state index contributed by atoms with van der Waals surface area (Å²) in [5.74, 6) is -1.39. The Morgan fingerprint density at radius 1 is 0.941 bits per heavy atom. The summed E-state index contributed by atoms with van der Waals surface area (Å²) in [4.78, 5) is 20.6. The smallest absolute Gasteiger partial charge is 0.283 e. The second kappa shape index (κ2) is 5.12. The maximum atomic E-state index is 13.1. The molecule has 0 fully saturated rings. The molecule has 0 heterocycles. The predicted molar refractivity (Wildman–Crippen MR) is 58.9 cm³/mol. The lowest BCUT2D eigenvalue weighted by molar-refractivity contribution is -0.151. The van der Waals surface area contributed by atoms with Crippen LogP contribution in [0.4, 0.5) is 4.39 Å². The van der Waals surface area contributed by atoms with E-state index < -0.39 is 11.8 Å². The van der Waals surface area contributed by atoms with Crippen molar-refractivity contribution in [2.24, 2.45) is 0 Å². The lowest BCUT2D eigenvalue weighted by Gasteiger charge is -2.04. The molecule has 0 N–H and O–H groups in total. The van der Waals surface area contributed by atoms with Crippen LogP contribution in [0.25, 0.3) is 0 Å². The standard InChI is InChI=1S/C13H9FO3/c14-11-8-4-5-9-12(11)16-17-13(15)10-6-2-1-3-7-10/h1-9H. The molecule has 2 aromatic carbocycles. The molecule has 0 amide bonds. The number of para-hydroxylation sites is 1. The summed E-state index contributed by atoms with van der Waals surface area (Å²) < 4.78 is 13.1. The molecule has 0 aliphatic rings. The van der Waals surface area contributed by atoms with Crippen molar-refractivity contribution in [3.63, 3.8) is 0 Å². The Morgan fingerprint density at radius 3 is 2.29 bits per heavy atom. The van der Waals surface area contributed by atoms with E-state index in [1.54, 1.807) is 36.4 Å². The third-order valence-corrected chi connectivity index (χ3v) is 2.05. The molecule has 0 aliphatic carbocycles. The quantitative estimate of drug-likeness (QED) is 0.602. The first-order valence-corrected chi connectivity index (χ1v) is 4.96. The van der Waals surface area contributed by atoms with Gasteiger partial charge in [-0.3, -0.25) is 4.89 Å². The van der Waals surface area contributed by atoms with Crippen LogP contribution >= 0.6 is 0 Å². The number of rotatable bonds is 3. The van der Waals surface area contributed by atoms with Gasteiger partial charge in [0.2, 0.25) is 5.75 Å². The topological polar surface area (TPSA) is 35.5 Å². The van der Waals surface area contributed by atoms with Gasteiger partial charge in [-0.05, 0) is 24.3 Å². The van der Waals surface area contributed by atoms with Gasteiger partial charge in [0.05, 0.1) is 5.56 Å². The van der Waals surface area contributed by atoms with E-state index in [0.29, 0.717) is 5.56 Å². The molecule has 2 rings (SSSR count). The number of halogens is 1. The molecule has 0 aliphatic heterocycles. The van der Waals surface area contributed by atoms with E-state index >= 15 is 0 Å². The van der Waals surface area contributed by atoms with Crippen LogP contribution in [0.5, 0.6) is 5.75 Å². The Labute approximate surface area is 97.3 Å². The Morgan fingerprint density at radius 2 is 1.59 bits per heavy atom. The zero-order valence-corrected chi connectivity index (χ0v) is 8.80. The van der Waals surface area contributed by atoms with Crippen molar-refractivity contribution in [2.45, 2.75) is 0 Å². The lowest BCUT2D eigenvalue weighted by atomic mass is 10.2. The molecule has 2 aromatic rings. The average Bonchev–Trinajstić information content (AvgIpc) is 2.38. The maximum absolute atomic E-state index is 13.1. The maximum Gasteiger partial charge on any atom is 0.386 e. The largest absolute Gasteiger partial charge is 0.386 e. The lowest BCUT2D eigenvalue weighted by Crippen LogP contribution is -2.08. The minimum atomic E-state index is -0.672. The molecular formula is C13H9FO3. The van der Waals surface area contributed by atoms with Crippen LogP contribution in [0, 0.1) is 5.82 Å². The molecule has 0 saturated heterocycles. The fourth-order valence-corrected chi connectivity index (χ4v) is 1.22. The van der Waals surface area contributed by atoms with Gasteiger partial charge in [0, 0.05) is 0 Å². The number of carbonyl (C=O) groups excluding carboxylic acids is 1. The van der Waals surface area contributed by atoms with Crippen LogP contribution < -0.4 is 4.89 Å². The van der Waals surface area contributed by atoms with Gasteiger partial charge in [-0.2, -0.15) is 0 Å². The molecule has 0 spiro atoms. The van der Waals surface area contributed by atoms with Crippen molar-refractivity contribution >= 4 is 5.97 Å². The van der Waals surface area contributed by atoms with Crippen LogP contribution in [0.2, 0.25) is 0 Å². The predicted octanol–water partition coefficient (Wildman–Crippen LogP) is 2.98. The van der Waals surface area contributed by atoms with Crippen molar-refractivity contribution in [1.82, 2.24) is 0 Å². The van der Waals surface area contributed by atoms with Gasteiger partial charge in [0.15, 0.2) is 5.82 Å². The molecule has 0 atom stereocenters. The van der Waals surface area contributed by atoms with Gasteiger partial charge in [-0.1, -0.05) is 30.3 Å². The van der Waals surface area contributed by atoms with Gasteiger partial charge in [-0.15, -0.1) is 0 Å². The van der Waals surface area contributed by atoms with E-state index in [1.807, 2.05) is 0 Å². The Balaban J connectivity index is 2.00. The van der Waals surface area contributed by atoms with Crippen LogP contribution in [-0.2, 0) is 4.89 Å². The summed E-state index contributed by atoms with van der Waals surface area (Å²) in [6, 6.07) is 14.0. The summed E-state index contributed by atoms with van der Waals surface area (Å²) in [5.41, 5.74) is 0.337. The van der Waals surface area contributed by atoms with Crippen molar-refractivity contribution in [3.8, 4) is 5.75 Å². The molecule has 0 aromatic heterocycles. The van der Waals surface area contributed by atoms with Crippen molar-refractivity contribution in [3.05, 3.63) is 66.0 Å². The highest BCUT2D eigenvalue weighted by atomic mass is 19.1. The molecule has 17 heavy (non-hydrogen) atoms. The van der Waals surface area contributed by atoms with Crippen molar-refractivity contribution in [1.29, 1.82) is 0 Å². The highest BCUT2D eigenvalue weighted by molar-refractivity contribution is 5.88. The van der Waals surface area contributed by atoms with Crippen LogP contribution in [-0.4, -0.2) is 5.97 Å². The molecule has 3 nitrogen and oxygen atoms in total. The first-order valence-electron chi connectivity index (χ1n) is 4.96. The van der Waals surface area contributed by atoms with Crippen LogP contribution in [0.1, 0.15) is 10.4 Å². The zero-order valence-electron chi connectivity index (χ0n) is 8.80. The van der Waals surface area contributed by atoms with Gasteiger partial charge < -0.3 is 0 Å². The number of carbonyl (C=O) groups is 1. The van der Waals surface area contributed by atoms with Gasteiger partial charge in [-0.25, -0.2) is 14.1 Å². The molecule has 4 heteroatoms. The summed E-state index contributed by atoms with van der Waals surface area (Å²) in [7, 11) is 0. The molecule has 0 saturated carbocycles. The summed E-state index contributed by atoms with van der Waals surface area (Å²) >= 11 is 0. The van der Waals surface area contributed by atoms with Crippen molar-refractivity contribution in [2.75, 3.05) is 0 Å². The summed E-state index contributed by atoms with van der Waals surface area (Å²) in [6.45, 7) is 0. The van der Waals surface area contributed by atoms with E-state index in [2.05, 4.69) is 9.78 Å². The third-order valence-electron chi connectivity index (χ3n) is 2.05. The van der Waals surface area contributed by atoms with Gasteiger partial charge in [0.25, 0.3) is 0 Å². The number of hydrogen-bond donors (Lipinski definition) is 0. The van der Waals surface area contributed by atoms with Crippen LogP contribution in [0.15, 0.2) is 54.6 Å². The SMILES string of the molecule is O=C(OOc1ccccc1F)c1ccccc1. The minimum Gasteiger partial charge on any atom is -0.283 e. The Bertz CT molecular complexity index is 511. The molecule has 86 valence electrons. The monoisotopic (exact) mass is 232 g/mol. The number of benzene rings is 2. The van der Waals surface area contributed by atoms with E-state index in [9.17, 15) is 9.18 Å². The first-order chi connectivity index (χ1) is 8.27. The van der Waals surface area contributed by atoms with E-state index in [0.717, 1.165) is 0 Å². The molecule has 0 bridgehead atoms. The van der Waals surface area contributed by atoms with E-state index in [-0.39, 0.29) is 5.75 Å². The molecule has 0 unspecified atom stereocenters. The fraction of sp³-hybridized carbons (Fsp3) is 0. The second-order valence-electron chi connectivity index (χ2n) is 3.25. The number of hydrogen-bond acceptors (Lipinski definition) is 3. The Hall–Kier alpha value is -2.36. The average molecular weight is 232 g/mol. The van der Waals surface area contributed by atoms with E-state index in [1.165, 1.54) is 18.2 Å². The highest BCUT2D eigenvalue weighted by Crippen LogP contribution is 2.16. The minimum absolute atomic E-state index is 0.128. The van der Waals surface area contributed by atoms with E-state index in [4.69, 9.17) is 0 Å². The van der Waals surface area contributed by atoms with Crippen molar-refractivity contribution < 1.29 is 19.0 Å². The van der Waals surface area contributed by atoms with Gasteiger partial charge >= 0.3 is 5.97 Å². The van der Waals surface area contributed by atoms with Gasteiger partial charge in [0.1, 0.15) is 0 Å². The molecular weight excluding hydrogens is 223 g/mol. The third kappa shape index (κ3) is 2.81.